The van der Waals surface area contributed by atoms with Crippen LogP contribution in [0.25, 0.3) is 0 Å². The third-order valence-corrected chi connectivity index (χ3v) is 3.34. The molecule has 0 saturated carbocycles. The molecule has 1 rings (SSSR count). The van der Waals surface area contributed by atoms with Crippen LogP contribution >= 0.6 is 0 Å². The summed E-state index contributed by atoms with van der Waals surface area (Å²) >= 11 is 0. The quantitative estimate of drug-likeness (QED) is 0.726. The first-order valence-corrected chi connectivity index (χ1v) is 7.15. The molecule has 0 saturated heterocycles. The second-order valence-corrected chi connectivity index (χ2v) is 6.42. The average molecular weight is 305 g/mol. The lowest BCUT2D eigenvalue weighted by molar-refractivity contribution is -0.140. The molecule has 0 fully saturated rings. The van der Waals surface area contributed by atoms with E-state index >= 15 is 0 Å². The Bertz CT molecular complexity index is 460. The van der Waals surface area contributed by atoms with Crippen molar-refractivity contribution >= 4 is 0 Å². The van der Waals surface area contributed by atoms with Crippen LogP contribution in [0.5, 0.6) is 0 Å². The minimum atomic E-state index is -4.67. The van der Waals surface area contributed by atoms with Crippen molar-refractivity contribution in [2.24, 2.45) is 5.41 Å². The van der Waals surface area contributed by atoms with E-state index in [0.717, 1.165) is 12.5 Å². The molecule has 0 amide bonds. The zero-order chi connectivity index (χ0) is 16.3. The molecule has 0 aliphatic carbocycles. The van der Waals surface area contributed by atoms with E-state index in [1.807, 2.05) is 6.92 Å². The van der Waals surface area contributed by atoms with Gasteiger partial charge in [-0.25, -0.2) is 4.39 Å². The number of halogens is 4. The van der Waals surface area contributed by atoms with Crippen LogP contribution in [0.4, 0.5) is 17.6 Å². The highest BCUT2D eigenvalue weighted by molar-refractivity contribution is 5.30. The largest absolute Gasteiger partial charge is 0.419 e. The highest BCUT2D eigenvalue weighted by atomic mass is 19.4. The molecule has 1 unspecified atom stereocenters. The maximum absolute atomic E-state index is 14.2. The molecule has 21 heavy (non-hydrogen) atoms. The second kappa shape index (κ2) is 6.77. The fourth-order valence-corrected chi connectivity index (χ4v) is 2.23. The standard InChI is InChI=1S/C16H23F4N/c1-5-21-13(9-10-15(2,3)4)11-7-6-8-12(14(11)17)16(18,19)20/h6-8,13,21H,5,9-10H2,1-4H3. The van der Waals surface area contributed by atoms with Gasteiger partial charge in [0.15, 0.2) is 0 Å². The van der Waals surface area contributed by atoms with Gasteiger partial charge in [-0.15, -0.1) is 0 Å². The number of rotatable bonds is 5. The molecule has 0 spiro atoms. The number of hydrogen-bond donors (Lipinski definition) is 1. The van der Waals surface area contributed by atoms with E-state index in [9.17, 15) is 17.6 Å². The third kappa shape index (κ3) is 5.30. The Labute approximate surface area is 123 Å². The normalized spacial score (nSPS) is 14.3. The van der Waals surface area contributed by atoms with Gasteiger partial charge in [0.2, 0.25) is 0 Å². The Morgan fingerprint density at radius 3 is 2.24 bits per heavy atom. The molecule has 120 valence electrons. The minimum absolute atomic E-state index is 0.0474. The van der Waals surface area contributed by atoms with Crippen LogP contribution in [0.2, 0.25) is 0 Å². The first kappa shape index (κ1) is 18.0. The van der Waals surface area contributed by atoms with Crippen LogP contribution in [0.15, 0.2) is 18.2 Å². The number of alkyl halides is 3. The van der Waals surface area contributed by atoms with Crippen molar-refractivity contribution in [3.63, 3.8) is 0 Å². The highest BCUT2D eigenvalue weighted by Crippen LogP contribution is 2.35. The van der Waals surface area contributed by atoms with Gasteiger partial charge in [-0.1, -0.05) is 39.8 Å². The Balaban J connectivity index is 3.08. The molecule has 1 aromatic carbocycles. The molecule has 1 aromatic rings. The molecule has 0 aliphatic rings. The van der Waals surface area contributed by atoms with Gasteiger partial charge in [0.05, 0.1) is 5.56 Å². The van der Waals surface area contributed by atoms with E-state index in [1.165, 1.54) is 12.1 Å². The van der Waals surface area contributed by atoms with E-state index < -0.39 is 23.6 Å². The van der Waals surface area contributed by atoms with Crippen molar-refractivity contribution in [3.8, 4) is 0 Å². The Morgan fingerprint density at radius 1 is 1.14 bits per heavy atom. The molecule has 1 N–H and O–H groups in total. The van der Waals surface area contributed by atoms with Gasteiger partial charge in [-0.2, -0.15) is 13.2 Å². The summed E-state index contributed by atoms with van der Waals surface area (Å²) in [5, 5.41) is 3.08. The summed E-state index contributed by atoms with van der Waals surface area (Å²) in [4.78, 5) is 0. The lowest BCUT2D eigenvalue weighted by atomic mass is 9.86. The van der Waals surface area contributed by atoms with E-state index in [-0.39, 0.29) is 11.0 Å². The Kier molecular flexibility index (Phi) is 5.79. The van der Waals surface area contributed by atoms with E-state index in [2.05, 4.69) is 26.1 Å². The van der Waals surface area contributed by atoms with Gasteiger partial charge in [-0.3, -0.25) is 0 Å². The van der Waals surface area contributed by atoms with E-state index in [1.54, 1.807) is 0 Å². The van der Waals surface area contributed by atoms with E-state index in [0.29, 0.717) is 13.0 Å². The van der Waals surface area contributed by atoms with Crippen LogP contribution in [0.1, 0.15) is 57.7 Å². The van der Waals surface area contributed by atoms with Gasteiger partial charge >= 0.3 is 6.18 Å². The van der Waals surface area contributed by atoms with Gasteiger partial charge in [0.25, 0.3) is 0 Å². The fraction of sp³-hybridized carbons (Fsp3) is 0.625. The third-order valence-electron chi connectivity index (χ3n) is 3.34. The molecule has 0 heterocycles. The number of nitrogens with one attached hydrogen (secondary N) is 1. The summed E-state index contributed by atoms with van der Waals surface area (Å²) in [5.74, 6) is -1.16. The molecule has 0 radical (unpaired) electrons. The summed E-state index contributed by atoms with van der Waals surface area (Å²) in [5.41, 5.74) is -1.05. The Morgan fingerprint density at radius 2 is 1.76 bits per heavy atom. The van der Waals surface area contributed by atoms with Crippen molar-refractivity contribution in [1.82, 2.24) is 5.32 Å². The average Bonchev–Trinajstić information content (AvgIpc) is 2.32. The molecule has 5 heteroatoms. The van der Waals surface area contributed by atoms with Crippen molar-refractivity contribution in [3.05, 3.63) is 35.1 Å². The molecular weight excluding hydrogens is 282 g/mol. The van der Waals surface area contributed by atoms with Crippen molar-refractivity contribution in [2.45, 2.75) is 52.8 Å². The monoisotopic (exact) mass is 305 g/mol. The predicted molar refractivity (Wildman–Crippen MR) is 76.5 cm³/mol. The van der Waals surface area contributed by atoms with Crippen molar-refractivity contribution < 1.29 is 17.6 Å². The molecular formula is C16H23F4N. The van der Waals surface area contributed by atoms with Gasteiger partial charge < -0.3 is 5.32 Å². The maximum Gasteiger partial charge on any atom is 0.419 e. The molecule has 1 nitrogen and oxygen atoms in total. The molecule has 0 aliphatic heterocycles. The summed E-state index contributed by atoms with van der Waals surface area (Å²) in [6, 6.07) is 3.07. The molecule has 0 aromatic heterocycles. The first-order valence-electron chi connectivity index (χ1n) is 7.15. The van der Waals surface area contributed by atoms with Crippen LogP contribution in [0, 0.1) is 11.2 Å². The zero-order valence-electron chi connectivity index (χ0n) is 12.9. The van der Waals surface area contributed by atoms with Crippen molar-refractivity contribution in [2.75, 3.05) is 6.54 Å². The summed E-state index contributed by atoms with van der Waals surface area (Å²) in [7, 11) is 0. The maximum atomic E-state index is 14.2. The molecule has 0 bridgehead atoms. The minimum Gasteiger partial charge on any atom is -0.310 e. The molecule has 1 atom stereocenters. The van der Waals surface area contributed by atoms with Gasteiger partial charge in [0, 0.05) is 11.6 Å². The lowest BCUT2D eigenvalue weighted by Crippen LogP contribution is -2.24. The van der Waals surface area contributed by atoms with E-state index in [4.69, 9.17) is 0 Å². The van der Waals surface area contributed by atoms with Crippen LogP contribution in [-0.2, 0) is 6.18 Å². The highest BCUT2D eigenvalue weighted by Gasteiger charge is 2.35. The number of hydrogen-bond acceptors (Lipinski definition) is 1. The summed E-state index contributed by atoms with van der Waals surface area (Å²) in [6.45, 7) is 8.59. The summed E-state index contributed by atoms with van der Waals surface area (Å²) < 4.78 is 52.6. The fourth-order valence-electron chi connectivity index (χ4n) is 2.23. The topological polar surface area (TPSA) is 12.0 Å². The zero-order valence-corrected chi connectivity index (χ0v) is 12.9. The smallest absolute Gasteiger partial charge is 0.310 e. The second-order valence-electron chi connectivity index (χ2n) is 6.42. The van der Waals surface area contributed by atoms with Gasteiger partial charge in [0.1, 0.15) is 5.82 Å². The van der Waals surface area contributed by atoms with Crippen LogP contribution in [-0.4, -0.2) is 6.54 Å². The summed E-state index contributed by atoms with van der Waals surface area (Å²) in [6.07, 6.45) is -3.28. The van der Waals surface area contributed by atoms with Crippen LogP contribution < -0.4 is 5.32 Å². The Hall–Kier alpha value is -1.10. The van der Waals surface area contributed by atoms with Crippen LogP contribution in [0.3, 0.4) is 0 Å². The SMILES string of the molecule is CCNC(CCC(C)(C)C)c1cccc(C(F)(F)F)c1F. The lowest BCUT2D eigenvalue weighted by Gasteiger charge is -2.25. The van der Waals surface area contributed by atoms with Gasteiger partial charge in [-0.05, 0) is 30.9 Å². The predicted octanol–water partition coefficient (Wildman–Crippen LogP) is 5.32. The first-order chi connectivity index (χ1) is 9.56. The number of benzene rings is 1. The van der Waals surface area contributed by atoms with Crippen molar-refractivity contribution in [1.29, 1.82) is 0 Å².